The van der Waals surface area contributed by atoms with Crippen LogP contribution in [0.25, 0.3) is 22.2 Å². The van der Waals surface area contributed by atoms with Gasteiger partial charge in [0.25, 0.3) is 5.91 Å². The third kappa shape index (κ3) is 3.71. The van der Waals surface area contributed by atoms with Crippen molar-refractivity contribution in [2.24, 2.45) is 0 Å². The first-order valence-corrected chi connectivity index (χ1v) is 10.5. The van der Waals surface area contributed by atoms with Gasteiger partial charge in [0, 0.05) is 17.5 Å². The molecule has 1 fully saturated rings. The fourth-order valence-electron chi connectivity index (χ4n) is 4.07. The highest BCUT2D eigenvalue weighted by Crippen LogP contribution is 2.35. The first-order valence-electron chi connectivity index (χ1n) is 10.5. The van der Waals surface area contributed by atoms with E-state index >= 15 is 0 Å². The zero-order valence-electron chi connectivity index (χ0n) is 17.3. The molecule has 1 saturated heterocycles. The number of aromatic nitrogens is 1. The van der Waals surface area contributed by atoms with Gasteiger partial charge in [0.2, 0.25) is 0 Å². The Bertz CT molecular complexity index is 1130. The number of morpholine rings is 1. The minimum atomic E-state index is -0.370. The van der Waals surface area contributed by atoms with Crippen molar-refractivity contribution in [2.45, 2.75) is 19.1 Å². The number of aliphatic hydroxyl groups is 1. The first kappa shape index (κ1) is 19.8. The number of rotatable bonds is 3. The molecular formula is C24H24N2O5. The van der Waals surface area contributed by atoms with Gasteiger partial charge in [0.05, 0.1) is 42.1 Å². The number of hydrogen-bond acceptors (Lipinski definition) is 6. The Balaban J connectivity index is 1.59. The van der Waals surface area contributed by atoms with Crippen LogP contribution in [0.5, 0.6) is 11.5 Å². The van der Waals surface area contributed by atoms with E-state index < -0.39 is 0 Å². The molecule has 1 N–H and O–H groups in total. The molecule has 160 valence electrons. The average Bonchev–Trinajstić information content (AvgIpc) is 2.83. The second kappa shape index (κ2) is 8.17. The van der Waals surface area contributed by atoms with E-state index in [9.17, 15) is 9.90 Å². The normalized spacial score (nSPS) is 20.6. The second-order valence-corrected chi connectivity index (χ2v) is 7.88. The Morgan fingerprint density at radius 3 is 2.77 bits per heavy atom. The molecule has 2 aliphatic rings. The number of carbonyl (C=O) groups excluding carboxylic acids is 1. The van der Waals surface area contributed by atoms with Crippen molar-refractivity contribution in [3.63, 3.8) is 0 Å². The van der Waals surface area contributed by atoms with Crippen molar-refractivity contribution in [1.82, 2.24) is 9.88 Å². The van der Waals surface area contributed by atoms with Gasteiger partial charge in [-0.2, -0.15) is 0 Å². The zero-order valence-corrected chi connectivity index (χ0v) is 17.3. The average molecular weight is 420 g/mol. The summed E-state index contributed by atoms with van der Waals surface area (Å²) in [6.45, 7) is 3.63. The van der Waals surface area contributed by atoms with Gasteiger partial charge in [-0.25, -0.2) is 4.98 Å². The van der Waals surface area contributed by atoms with Gasteiger partial charge in [-0.1, -0.05) is 18.2 Å². The molecule has 5 rings (SSSR count). The van der Waals surface area contributed by atoms with E-state index in [1.54, 1.807) is 4.90 Å². The summed E-state index contributed by atoms with van der Waals surface area (Å²) >= 11 is 0. The predicted octanol–water partition coefficient (Wildman–Crippen LogP) is 2.89. The van der Waals surface area contributed by atoms with Crippen molar-refractivity contribution < 1.29 is 24.1 Å². The lowest BCUT2D eigenvalue weighted by molar-refractivity contribution is -0.0666. The number of para-hydroxylation sites is 1. The quantitative estimate of drug-likeness (QED) is 0.702. The third-order valence-electron chi connectivity index (χ3n) is 5.75. The number of hydrogen-bond donors (Lipinski definition) is 1. The summed E-state index contributed by atoms with van der Waals surface area (Å²) in [6.07, 6.45) is -0.370. The van der Waals surface area contributed by atoms with Crippen molar-refractivity contribution in [3.05, 3.63) is 54.1 Å². The van der Waals surface area contributed by atoms with E-state index in [-0.39, 0.29) is 24.7 Å². The number of fused-ring (bicyclic) bond motifs is 2. The van der Waals surface area contributed by atoms with Crippen LogP contribution in [0.1, 0.15) is 17.3 Å². The maximum Gasteiger partial charge on any atom is 0.255 e. The molecule has 0 radical (unpaired) electrons. The van der Waals surface area contributed by atoms with Gasteiger partial charge < -0.3 is 24.2 Å². The number of amides is 1. The van der Waals surface area contributed by atoms with Crippen molar-refractivity contribution in [1.29, 1.82) is 0 Å². The van der Waals surface area contributed by atoms with E-state index in [0.717, 1.165) is 16.5 Å². The molecule has 0 bridgehead atoms. The van der Waals surface area contributed by atoms with Crippen LogP contribution in [0, 0.1) is 0 Å². The molecule has 0 aliphatic carbocycles. The number of pyridine rings is 1. The summed E-state index contributed by atoms with van der Waals surface area (Å²) in [4.78, 5) is 20.2. The fraction of sp³-hybridized carbons (Fsp3) is 0.333. The van der Waals surface area contributed by atoms with Gasteiger partial charge in [0.1, 0.15) is 13.2 Å². The molecule has 2 aliphatic heterocycles. The van der Waals surface area contributed by atoms with Gasteiger partial charge in [-0.05, 0) is 37.3 Å². The predicted molar refractivity (Wildman–Crippen MR) is 115 cm³/mol. The highest BCUT2D eigenvalue weighted by atomic mass is 16.6. The molecule has 3 aromatic rings. The summed E-state index contributed by atoms with van der Waals surface area (Å²) in [6, 6.07) is 15.1. The monoisotopic (exact) mass is 420 g/mol. The third-order valence-corrected chi connectivity index (χ3v) is 5.75. The number of ether oxygens (including phenoxy) is 3. The molecule has 3 heterocycles. The van der Waals surface area contributed by atoms with Crippen LogP contribution >= 0.6 is 0 Å². The smallest absolute Gasteiger partial charge is 0.255 e. The Labute approximate surface area is 180 Å². The Kier molecular flexibility index (Phi) is 5.21. The minimum Gasteiger partial charge on any atom is -0.486 e. The Hall–Kier alpha value is -3.16. The van der Waals surface area contributed by atoms with E-state index in [0.29, 0.717) is 49.1 Å². The van der Waals surface area contributed by atoms with Crippen molar-refractivity contribution >= 4 is 16.8 Å². The Morgan fingerprint density at radius 1 is 1.13 bits per heavy atom. The molecule has 2 aromatic carbocycles. The largest absolute Gasteiger partial charge is 0.486 e. The van der Waals surface area contributed by atoms with Crippen molar-refractivity contribution in [2.75, 3.05) is 33.0 Å². The molecule has 7 heteroatoms. The lowest BCUT2D eigenvalue weighted by Crippen LogP contribution is -2.52. The summed E-state index contributed by atoms with van der Waals surface area (Å²) < 4.78 is 16.9. The van der Waals surface area contributed by atoms with Crippen LogP contribution in [0.2, 0.25) is 0 Å². The van der Waals surface area contributed by atoms with Crippen LogP contribution in [-0.4, -0.2) is 66.0 Å². The van der Waals surface area contributed by atoms with E-state index in [2.05, 4.69) is 0 Å². The van der Waals surface area contributed by atoms with Gasteiger partial charge in [-0.15, -0.1) is 0 Å². The SMILES string of the molecule is CC1COC(CO)CN1C(=O)c1cc(-c2ccc3c(c2)OCCO3)nc2ccccc12. The van der Waals surface area contributed by atoms with Crippen LogP contribution in [0.4, 0.5) is 0 Å². The summed E-state index contributed by atoms with van der Waals surface area (Å²) in [7, 11) is 0. The van der Waals surface area contributed by atoms with E-state index in [1.165, 1.54) is 0 Å². The van der Waals surface area contributed by atoms with Crippen molar-refractivity contribution in [3.8, 4) is 22.8 Å². The number of carbonyl (C=O) groups is 1. The molecular weight excluding hydrogens is 396 g/mol. The van der Waals surface area contributed by atoms with Gasteiger partial charge in [-0.3, -0.25) is 4.79 Å². The van der Waals surface area contributed by atoms with Crippen LogP contribution in [0.3, 0.4) is 0 Å². The lowest BCUT2D eigenvalue weighted by atomic mass is 10.0. The molecule has 31 heavy (non-hydrogen) atoms. The zero-order chi connectivity index (χ0) is 21.4. The molecule has 2 atom stereocenters. The van der Waals surface area contributed by atoms with E-state index in [4.69, 9.17) is 19.2 Å². The topological polar surface area (TPSA) is 81.1 Å². The fourth-order valence-corrected chi connectivity index (χ4v) is 4.07. The number of benzene rings is 2. The highest BCUT2D eigenvalue weighted by molar-refractivity contribution is 6.07. The molecule has 1 aromatic heterocycles. The molecule has 0 saturated carbocycles. The number of nitrogens with zero attached hydrogens (tertiary/aromatic N) is 2. The first-order chi connectivity index (χ1) is 15.1. The van der Waals surface area contributed by atoms with Gasteiger partial charge >= 0.3 is 0 Å². The Morgan fingerprint density at radius 2 is 1.94 bits per heavy atom. The summed E-state index contributed by atoms with van der Waals surface area (Å²) in [5.41, 5.74) is 2.88. The maximum atomic E-state index is 13.6. The van der Waals surface area contributed by atoms with Crippen LogP contribution in [-0.2, 0) is 4.74 Å². The van der Waals surface area contributed by atoms with Crippen LogP contribution in [0.15, 0.2) is 48.5 Å². The highest BCUT2D eigenvalue weighted by Gasteiger charge is 2.31. The number of aliphatic hydroxyl groups excluding tert-OH is 1. The second-order valence-electron chi connectivity index (χ2n) is 7.88. The molecule has 1 amide bonds. The molecule has 0 spiro atoms. The molecule has 7 nitrogen and oxygen atoms in total. The lowest BCUT2D eigenvalue weighted by Gasteiger charge is -2.37. The standard InChI is InChI=1S/C24H24N2O5/c1-15-14-31-17(13-27)12-26(15)24(28)19-11-21(25-20-5-3-2-4-18(19)20)16-6-7-22-23(10-16)30-9-8-29-22/h2-7,10-11,15,17,27H,8-9,12-14H2,1H3. The van der Waals surface area contributed by atoms with Gasteiger partial charge in [0.15, 0.2) is 11.5 Å². The van der Waals surface area contributed by atoms with E-state index in [1.807, 2.05) is 55.5 Å². The van der Waals surface area contributed by atoms with Crippen LogP contribution < -0.4 is 9.47 Å². The summed E-state index contributed by atoms with van der Waals surface area (Å²) in [5, 5.41) is 10.3. The molecule has 2 unspecified atom stereocenters. The summed E-state index contributed by atoms with van der Waals surface area (Å²) in [5.74, 6) is 1.30. The minimum absolute atomic E-state index is 0.0834. The maximum absolute atomic E-state index is 13.6.